The van der Waals surface area contributed by atoms with E-state index in [2.05, 4.69) is 16.8 Å². The van der Waals surface area contributed by atoms with Gasteiger partial charge in [-0.05, 0) is 18.7 Å². The zero-order chi connectivity index (χ0) is 16.3. The van der Waals surface area contributed by atoms with Gasteiger partial charge >= 0.3 is 5.69 Å². The Morgan fingerprint density at radius 2 is 2.05 bits per heavy atom. The van der Waals surface area contributed by atoms with Crippen LogP contribution in [0.4, 0.5) is 5.69 Å². The number of nitrogens with two attached hydrogens (primary N) is 1. The van der Waals surface area contributed by atoms with Gasteiger partial charge in [-0.1, -0.05) is 0 Å². The van der Waals surface area contributed by atoms with Crippen LogP contribution < -0.4 is 10.5 Å². The Bertz CT molecular complexity index is 544. The number of hydrogen-bond acceptors (Lipinski definition) is 7. The minimum Gasteiger partial charge on any atom is -0.500 e. The van der Waals surface area contributed by atoms with Crippen molar-refractivity contribution in [3.8, 4) is 11.5 Å². The van der Waals surface area contributed by atoms with Crippen molar-refractivity contribution in [2.75, 3.05) is 46.9 Å². The first kappa shape index (κ1) is 16.5. The average molecular weight is 310 g/mol. The molecule has 0 spiro atoms. The number of phenolic OH excluding ortho intramolecular Hbond substituents is 1. The molecule has 122 valence electrons. The zero-order valence-corrected chi connectivity index (χ0v) is 12.9. The summed E-state index contributed by atoms with van der Waals surface area (Å²) in [5, 5.41) is 21.0. The van der Waals surface area contributed by atoms with Gasteiger partial charge in [-0.2, -0.15) is 0 Å². The van der Waals surface area contributed by atoms with Gasteiger partial charge in [0.25, 0.3) is 0 Å². The van der Waals surface area contributed by atoms with E-state index in [1.54, 1.807) is 6.07 Å². The number of hydrogen-bond donors (Lipinski definition) is 2. The molecule has 1 aliphatic rings. The van der Waals surface area contributed by atoms with Gasteiger partial charge in [-0.3, -0.25) is 15.0 Å². The highest BCUT2D eigenvalue weighted by molar-refractivity contribution is 5.57. The molecule has 1 aliphatic heterocycles. The molecule has 0 amide bonds. The summed E-state index contributed by atoms with van der Waals surface area (Å²) in [5.41, 5.74) is 6.23. The number of nitrogens with zero attached hydrogens (tertiary/aromatic N) is 3. The maximum Gasteiger partial charge on any atom is 0.314 e. The third-order valence-electron chi connectivity index (χ3n) is 4.08. The highest BCUT2D eigenvalue weighted by atomic mass is 16.6. The first-order valence-corrected chi connectivity index (χ1v) is 7.15. The lowest BCUT2D eigenvalue weighted by Crippen LogP contribution is -2.47. The molecule has 1 fully saturated rings. The number of rotatable bonds is 5. The summed E-state index contributed by atoms with van der Waals surface area (Å²) in [5.74, 6) is -0.359. The number of methoxy groups -OCH3 is 1. The second-order valence-electron chi connectivity index (χ2n) is 5.44. The lowest BCUT2D eigenvalue weighted by Gasteiger charge is -2.37. The molecule has 0 saturated carbocycles. The van der Waals surface area contributed by atoms with Crippen molar-refractivity contribution < 1.29 is 14.8 Å². The number of likely N-dealkylation sites (N-methyl/N-ethyl adjacent to an activating group) is 1. The molecular formula is C14H22N4O4. The summed E-state index contributed by atoms with van der Waals surface area (Å²) in [4.78, 5) is 14.9. The molecule has 1 saturated heterocycles. The minimum atomic E-state index is -0.612. The van der Waals surface area contributed by atoms with Crippen molar-refractivity contribution in [2.24, 2.45) is 5.73 Å². The van der Waals surface area contributed by atoms with Gasteiger partial charge in [-0.15, -0.1) is 0 Å². The maximum absolute atomic E-state index is 11.1. The number of ether oxygens (including phenoxy) is 1. The molecule has 0 radical (unpaired) electrons. The van der Waals surface area contributed by atoms with Crippen LogP contribution in [0.25, 0.3) is 0 Å². The van der Waals surface area contributed by atoms with Crippen LogP contribution in [-0.2, 0) is 0 Å². The first-order chi connectivity index (χ1) is 10.5. The van der Waals surface area contributed by atoms with Gasteiger partial charge in [0, 0.05) is 44.8 Å². The highest BCUT2D eigenvalue weighted by Gasteiger charge is 2.27. The lowest BCUT2D eigenvalue weighted by atomic mass is 10.0. The predicted octanol–water partition coefficient (Wildman–Crippen LogP) is 0.556. The normalized spacial score (nSPS) is 18.1. The van der Waals surface area contributed by atoms with E-state index < -0.39 is 10.7 Å². The number of nitro groups is 1. The summed E-state index contributed by atoms with van der Waals surface area (Å²) in [7, 11) is 3.43. The molecule has 1 heterocycles. The highest BCUT2D eigenvalue weighted by Crippen LogP contribution is 2.39. The standard InChI is InChI=1S/C14H22N4O4/c1-16-3-5-17(6-4-16)12(9-15)10-7-11(18(20)21)14(19)13(8-10)22-2/h7-8,12,19H,3-6,9,15H2,1-2H3. The van der Waals surface area contributed by atoms with Crippen molar-refractivity contribution in [1.82, 2.24) is 9.80 Å². The van der Waals surface area contributed by atoms with E-state index in [1.165, 1.54) is 13.2 Å². The molecule has 1 aromatic carbocycles. The summed E-state index contributed by atoms with van der Waals surface area (Å²) in [6.45, 7) is 3.88. The van der Waals surface area contributed by atoms with E-state index in [-0.39, 0.29) is 17.5 Å². The van der Waals surface area contributed by atoms with Crippen LogP contribution in [-0.4, -0.2) is 66.7 Å². The predicted molar refractivity (Wildman–Crippen MR) is 82.2 cm³/mol. The summed E-state index contributed by atoms with van der Waals surface area (Å²) in [6.07, 6.45) is 0. The Kier molecular flexibility index (Phi) is 5.17. The Morgan fingerprint density at radius 3 is 2.55 bits per heavy atom. The van der Waals surface area contributed by atoms with Gasteiger partial charge < -0.3 is 20.5 Å². The van der Waals surface area contributed by atoms with Gasteiger partial charge in [0.2, 0.25) is 5.75 Å². The van der Waals surface area contributed by atoms with Crippen LogP contribution in [0.3, 0.4) is 0 Å². The van der Waals surface area contributed by atoms with Crippen LogP contribution in [0.5, 0.6) is 11.5 Å². The van der Waals surface area contributed by atoms with Crippen LogP contribution in [0, 0.1) is 10.1 Å². The summed E-state index contributed by atoms with van der Waals surface area (Å²) < 4.78 is 5.05. The van der Waals surface area contributed by atoms with Crippen LogP contribution in [0.1, 0.15) is 11.6 Å². The molecule has 0 aromatic heterocycles. The topological polar surface area (TPSA) is 105 Å². The van der Waals surface area contributed by atoms with E-state index >= 15 is 0 Å². The van der Waals surface area contributed by atoms with E-state index in [0.29, 0.717) is 12.1 Å². The Morgan fingerprint density at radius 1 is 1.41 bits per heavy atom. The van der Waals surface area contributed by atoms with E-state index in [0.717, 1.165) is 26.2 Å². The van der Waals surface area contributed by atoms with Crippen molar-refractivity contribution in [2.45, 2.75) is 6.04 Å². The summed E-state index contributed by atoms with van der Waals surface area (Å²) in [6, 6.07) is 2.87. The smallest absolute Gasteiger partial charge is 0.314 e. The van der Waals surface area contributed by atoms with Crippen molar-refractivity contribution in [3.63, 3.8) is 0 Å². The molecule has 1 atom stereocenters. The number of piperazine rings is 1. The maximum atomic E-state index is 11.1. The fourth-order valence-electron chi connectivity index (χ4n) is 2.73. The molecule has 1 unspecified atom stereocenters. The Hall–Kier alpha value is -1.90. The molecule has 22 heavy (non-hydrogen) atoms. The van der Waals surface area contributed by atoms with Crippen LogP contribution in [0.2, 0.25) is 0 Å². The average Bonchev–Trinajstić information content (AvgIpc) is 2.50. The minimum absolute atomic E-state index is 0.0942. The van der Waals surface area contributed by atoms with Gasteiger partial charge in [-0.25, -0.2) is 0 Å². The zero-order valence-electron chi connectivity index (χ0n) is 12.9. The van der Waals surface area contributed by atoms with E-state index in [1.807, 2.05) is 0 Å². The fraction of sp³-hybridized carbons (Fsp3) is 0.571. The Balaban J connectivity index is 2.36. The number of phenols is 1. The SMILES string of the molecule is COc1cc(C(CN)N2CCN(C)CC2)cc([N+](=O)[O-])c1O. The van der Waals surface area contributed by atoms with Gasteiger partial charge in [0.1, 0.15) is 0 Å². The molecule has 8 nitrogen and oxygen atoms in total. The van der Waals surface area contributed by atoms with Gasteiger partial charge in [0.15, 0.2) is 5.75 Å². The first-order valence-electron chi connectivity index (χ1n) is 7.15. The Labute approximate surface area is 129 Å². The molecule has 1 aromatic rings. The monoisotopic (exact) mass is 310 g/mol. The number of aromatic hydroxyl groups is 1. The fourth-order valence-corrected chi connectivity index (χ4v) is 2.73. The molecule has 0 bridgehead atoms. The van der Waals surface area contributed by atoms with E-state index in [9.17, 15) is 15.2 Å². The van der Waals surface area contributed by atoms with Crippen LogP contribution >= 0.6 is 0 Å². The van der Waals surface area contributed by atoms with Crippen molar-refractivity contribution in [1.29, 1.82) is 0 Å². The molecule has 8 heteroatoms. The quantitative estimate of drug-likeness (QED) is 0.604. The second-order valence-corrected chi connectivity index (χ2v) is 5.44. The molecular weight excluding hydrogens is 288 g/mol. The number of benzene rings is 1. The summed E-state index contributed by atoms with van der Waals surface area (Å²) >= 11 is 0. The third kappa shape index (κ3) is 3.29. The third-order valence-corrected chi connectivity index (χ3v) is 4.08. The lowest BCUT2D eigenvalue weighted by molar-refractivity contribution is -0.386. The van der Waals surface area contributed by atoms with Crippen LogP contribution in [0.15, 0.2) is 12.1 Å². The van der Waals surface area contributed by atoms with E-state index in [4.69, 9.17) is 10.5 Å². The van der Waals surface area contributed by atoms with Crippen molar-refractivity contribution in [3.05, 3.63) is 27.8 Å². The van der Waals surface area contributed by atoms with Crippen molar-refractivity contribution >= 4 is 5.69 Å². The number of nitro benzene ring substituents is 1. The van der Waals surface area contributed by atoms with Gasteiger partial charge in [0.05, 0.1) is 12.0 Å². The second kappa shape index (κ2) is 6.91. The largest absolute Gasteiger partial charge is 0.500 e. The molecule has 3 N–H and O–H groups in total. The molecule has 2 rings (SSSR count). The molecule has 0 aliphatic carbocycles.